The molecule has 0 unspecified atom stereocenters. The number of hydrogen-bond donors (Lipinski definition) is 1. The molecule has 2 nitrogen and oxygen atoms in total. The molecular formula is C9H6Cl2N2. The van der Waals surface area contributed by atoms with E-state index in [1.807, 2.05) is 18.5 Å². The summed E-state index contributed by atoms with van der Waals surface area (Å²) in [6.07, 6.45) is 3.72. The van der Waals surface area contributed by atoms with Crippen LogP contribution in [-0.4, -0.2) is 9.97 Å². The van der Waals surface area contributed by atoms with Crippen molar-refractivity contribution >= 4 is 23.2 Å². The lowest BCUT2D eigenvalue weighted by atomic mass is 10.1. The fraction of sp³-hybridized carbons (Fsp3) is 0. The summed E-state index contributed by atoms with van der Waals surface area (Å²) in [6, 6.07) is 5.50. The Labute approximate surface area is 85.5 Å². The quantitative estimate of drug-likeness (QED) is 0.722. The van der Waals surface area contributed by atoms with Gasteiger partial charge in [-0.15, -0.1) is 0 Å². The van der Waals surface area contributed by atoms with Gasteiger partial charge in [-0.25, -0.2) is 4.98 Å². The summed E-state index contributed by atoms with van der Waals surface area (Å²) in [4.78, 5) is 6.83. The number of nitrogens with zero attached hydrogens (tertiary/aromatic N) is 1. The van der Waals surface area contributed by atoms with Crippen LogP contribution in [0.25, 0.3) is 11.1 Å². The van der Waals surface area contributed by atoms with Gasteiger partial charge in [0.25, 0.3) is 0 Å². The summed E-state index contributed by atoms with van der Waals surface area (Å²) < 4.78 is 0. The number of nitrogens with one attached hydrogen (secondary N) is 1. The number of halogens is 2. The van der Waals surface area contributed by atoms with Crippen molar-refractivity contribution in [2.75, 3.05) is 0 Å². The molecule has 13 heavy (non-hydrogen) atoms. The van der Waals surface area contributed by atoms with Crippen LogP contribution in [0.15, 0.2) is 30.6 Å². The first-order valence-corrected chi connectivity index (χ1v) is 4.47. The lowest BCUT2D eigenvalue weighted by molar-refractivity contribution is 1.33. The maximum atomic E-state index is 5.76. The van der Waals surface area contributed by atoms with Crippen LogP contribution in [0.2, 0.25) is 10.3 Å². The van der Waals surface area contributed by atoms with Crippen LogP contribution >= 0.6 is 23.2 Å². The Kier molecular flexibility index (Phi) is 2.25. The molecule has 0 amide bonds. The zero-order valence-electron chi connectivity index (χ0n) is 6.59. The lowest BCUT2D eigenvalue weighted by Gasteiger charge is -1.98. The minimum Gasteiger partial charge on any atom is -0.367 e. The number of aromatic nitrogens is 2. The number of rotatable bonds is 1. The lowest BCUT2D eigenvalue weighted by Crippen LogP contribution is -1.79. The summed E-state index contributed by atoms with van der Waals surface area (Å²) in [5.41, 5.74) is 2.01. The van der Waals surface area contributed by atoms with E-state index in [4.69, 9.17) is 23.2 Å². The average molecular weight is 213 g/mol. The molecule has 2 rings (SSSR count). The van der Waals surface area contributed by atoms with Crippen LogP contribution in [0.3, 0.4) is 0 Å². The maximum Gasteiger partial charge on any atom is 0.131 e. The molecule has 0 saturated carbocycles. The third-order valence-corrected chi connectivity index (χ3v) is 2.08. The normalized spacial score (nSPS) is 10.3. The maximum absolute atomic E-state index is 5.76. The fourth-order valence-corrected chi connectivity index (χ4v) is 1.60. The van der Waals surface area contributed by atoms with Crippen molar-refractivity contribution in [3.63, 3.8) is 0 Å². The first kappa shape index (κ1) is 8.60. The topological polar surface area (TPSA) is 28.7 Å². The minimum atomic E-state index is 0.406. The van der Waals surface area contributed by atoms with E-state index in [1.54, 1.807) is 12.1 Å². The second-order valence-electron chi connectivity index (χ2n) is 2.60. The van der Waals surface area contributed by atoms with Crippen molar-refractivity contribution in [1.82, 2.24) is 9.97 Å². The van der Waals surface area contributed by atoms with Gasteiger partial charge in [0.1, 0.15) is 10.3 Å². The molecule has 4 heteroatoms. The Balaban J connectivity index is 2.53. The van der Waals surface area contributed by atoms with Crippen molar-refractivity contribution in [2.45, 2.75) is 0 Å². The molecule has 0 aromatic carbocycles. The first-order chi connectivity index (χ1) is 6.25. The molecule has 1 N–H and O–H groups in total. The third-order valence-electron chi connectivity index (χ3n) is 1.69. The zero-order valence-corrected chi connectivity index (χ0v) is 8.10. The van der Waals surface area contributed by atoms with Crippen LogP contribution in [0, 0.1) is 0 Å². The first-order valence-electron chi connectivity index (χ1n) is 3.72. The van der Waals surface area contributed by atoms with Crippen LogP contribution in [-0.2, 0) is 0 Å². The molecular weight excluding hydrogens is 207 g/mol. The van der Waals surface area contributed by atoms with Gasteiger partial charge in [-0.3, -0.25) is 0 Å². The third kappa shape index (κ3) is 1.85. The molecule has 66 valence electrons. The molecule has 0 aliphatic carbocycles. The Morgan fingerprint density at radius 2 is 1.77 bits per heavy atom. The molecule has 0 aliphatic rings. The van der Waals surface area contributed by atoms with E-state index in [0.29, 0.717) is 10.3 Å². The number of H-pyrrole nitrogens is 1. The zero-order chi connectivity index (χ0) is 9.26. The number of pyridine rings is 1. The highest BCUT2D eigenvalue weighted by atomic mass is 35.5. The van der Waals surface area contributed by atoms with Gasteiger partial charge in [0.05, 0.1) is 0 Å². The van der Waals surface area contributed by atoms with Gasteiger partial charge in [-0.05, 0) is 29.3 Å². The molecule has 0 aliphatic heterocycles. The van der Waals surface area contributed by atoms with Gasteiger partial charge < -0.3 is 4.98 Å². The van der Waals surface area contributed by atoms with Crippen LogP contribution < -0.4 is 0 Å². The molecule has 0 atom stereocenters. The van der Waals surface area contributed by atoms with E-state index in [1.165, 1.54) is 0 Å². The summed E-state index contributed by atoms with van der Waals surface area (Å²) in [6.45, 7) is 0. The summed E-state index contributed by atoms with van der Waals surface area (Å²) in [5, 5.41) is 0.812. The van der Waals surface area contributed by atoms with Crippen molar-refractivity contribution in [1.29, 1.82) is 0 Å². The molecule has 0 fully saturated rings. The van der Waals surface area contributed by atoms with Gasteiger partial charge >= 0.3 is 0 Å². The highest BCUT2D eigenvalue weighted by molar-refractivity contribution is 6.32. The van der Waals surface area contributed by atoms with Crippen LogP contribution in [0.1, 0.15) is 0 Å². The molecule has 2 heterocycles. The summed E-state index contributed by atoms with van der Waals surface area (Å²) >= 11 is 11.5. The minimum absolute atomic E-state index is 0.406. The van der Waals surface area contributed by atoms with E-state index in [9.17, 15) is 0 Å². The van der Waals surface area contributed by atoms with Crippen molar-refractivity contribution in [2.24, 2.45) is 0 Å². The van der Waals surface area contributed by atoms with Crippen molar-refractivity contribution in [3.05, 3.63) is 40.9 Å². The summed E-state index contributed by atoms with van der Waals surface area (Å²) in [7, 11) is 0. The Bertz CT molecular complexity index is 389. The molecule has 2 aromatic rings. The van der Waals surface area contributed by atoms with E-state index in [2.05, 4.69) is 9.97 Å². The predicted octanol–water partition coefficient (Wildman–Crippen LogP) is 3.38. The highest BCUT2D eigenvalue weighted by Gasteiger charge is 2.01. The second kappa shape index (κ2) is 3.40. The molecule has 0 saturated heterocycles. The smallest absolute Gasteiger partial charge is 0.131 e. The van der Waals surface area contributed by atoms with Crippen molar-refractivity contribution < 1.29 is 0 Å². The second-order valence-corrected chi connectivity index (χ2v) is 3.38. The molecule has 0 bridgehead atoms. The highest BCUT2D eigenvalue weighted by Crippen LogP contribution is 2.23. The molecule has 0 spiro atoms. The van der Waals surface area contributed by atoms with Crippen LogP contribution in [0.5, 0.6) is 0 Å². The Morgan fingerprint density at radius 1 is 1.08 bits per heavy atom. The van der Waals surface area contributed by atoms with Gasteiger partial charge in [-0.1, -0.05) is 23.2 Å². The largest absolute Gasteiger partial charge is 0.367 e. The predicted molar refractivity (Wildman–Crippen MR) is 54.0 cm³/mol. The van der Waals surface area contributed by atoms with E-state index >= 15 is 0 Å². The van der Waals surface area contributed by atoms with E-state index < -0.39 is 0 Å². The average Bonchev–Trinajstić information content (AvgIpc) is 2.53. The monoisotopic (exact) mass is 212 g/mol. The van der Waals surface area contributed by atoms with Gasteiger partial charge in [0, 0.05) is 12.4 Å². The van der Waals surface area contributed by atoms with Gasteiger partial charge in [-0.2, -0.15) is 0 Å². The van der Waals surface area contributed by atoms with Gasteiger partial charge in [0.2, 0.25) is 0 Å². The molecule has 0 radical (unpaired) electrons. The van der Waals surface area contributed by atoms with Crippen molar-refractivity contribution in [3.8, 4) is 11.1 Å². The number of hydrogen-bond acceptors (Lipinski definition) is 1. The SMILES string of the molecule is Clc1cc(-c2cc[nH]c2)cc(Cl)n1. The van der Waals surface area contributed by atoms with E-state index in [0.717, 1.165) is 11.1 Å². The Morgan fingerprint density at radius 3 is 2.31 bits per heavy atom. The Hall–Kier alpha value is -0.990. The van der Waals surface area contributed by atoms with E-state index in [-0.39, 0.29) is 0 Å². The fourth-order valence-electron chi connectivity index (χ4n) is 1.14. The van der Waals surface area contributed by atoms with Gasteiger partial charge in [0.15, 0.2) is 0 Å². The summed E-state index contributed by atoms with van der Waals surface area (Å²) in [5.74, 6) is 0. The standard InChI is InChI=1S/C9H6Cl2N2/c10-8-3-7(4-9(11)13-8)6-1-2-12-5-6/h1-5,12H. The molecule has 2 aromatic heterocycles. The van der Waals surface area contributed by atoms with Crippen LogP contribution in [0.4, 0.5) is 0 Å². The number of aromatic amines is 1.